The highest BCUT2D eigenvalue weighted by Crippen LogP contribution is 2.23. The molecular weight excluding hydrogens is 278 g/mol. The summed E-state index contributed by atoms with van der Waals surface area (Å²) in [5.74, 6) is -3.55. The molecule has 114 valence electrons. The number of aromatic nitrogens is 2. The van der Waals surface area contributed by atoms with Gasteiger partial charge in [0.25, 0.3) is 0 Å². The molecule has 0 aliphatic heterocycles. The second-order valence-corrected chi connectivity index (χ2v) is 4.85. The molecule has 0 aromatic carbocycles. The Balaban J connectivity index is 2.62. The fourth-order valence-electron chi connectivity index (χ4n) is 1.50. The van der Waals surface area contributed by atoms with E-state index in [-0.39, 0.29) is 11.6 Å². The average molecular weight is 295 g/mol. The lowest BCUT2D eigenvalue weighted by Gasteiger charge is -2.15. The third-order valence-corrected chi connectivity index (χ3v) is 2.31. The zero-order valence-corrected chi connectivity index (χ0v) is 11.2. The van der Waals surface area contributed by atoms with Gasteiger partial charge in [0.1, 0.15) is 19.0 Å². The van der Waals surface area contributed by atoms with Gasteiger partial charge in [-0.25, -0.2) is 18.7 Å². The first-order chi connectivity index (χ1) is 9.20. The molecule has 0 amide bonds. The molecule has 20 heavy (non-hydrogen) atoms. The fraction of sp³-hybridized carbons (Fsp3) is 0.667. The van der Waals surface area contributed by atoms with Gasteiger partial charge in [0.2, 0.25) is 0 Å². The lowest BCUT2D eigenvalue weighted by atomic mass is 10.1. The van der Waals surface area contributed by atoms with Crippen molar-refractivity contribution in [1.82, 2.24) is 9.97 Å². The van der Waals surface area contributed by atoms with Gasteiger partial charge in [-0.15, -0.1) is 0 Å². The average Bonchev–Trinajstić information content (AvgIpc) is 2.26. The van der Waals surface area contributed by atoms with E-state index >= 15 is 0 Å². The Hall–Kier alpha value is -1.44. The number of nitrogen functional groups attached to an aromatic ring is 1. The van der Waals surface area contributed by atoms with E-state index in [4.69, 9.17) is 5.73 Å². The van der Waals surface area contributed by atoms with Crippen molar-refractivity contribution in [2.45, 2.75) is 39.2 Å². The third kappa shape index (κ3) is 5.28. The quantitative estimate of drug-likeness (QED) is 0.786. The highest BCUT2D eigenvalue weighted by Gasteiger charge is 2.41. The van der Waals surface area contributed by atoms with Crippen LogP contribution in [0.2, 0.25) is 0 Å². The SMILES string of the molecule is CC(C)Cc1cc(N)nc(COCC(F)(F)C(F)F)n1. The maximum absolute atomic E-state index is 12.6. The van der Waals surface area contributed by atoms with Gasteiger partial charge < -0.3 is 10.5 Å². The first kappa shape index (κ1) is 16.6. The number of anilines is 1. The van der Waals surface area contributed by atoms with Crippen molar-refractivity contribution < 1.29 is 22.3 Å². The minimum Gasteiger partial charge on any atom is -0.384 e. The van der Waals surface area contributed by atoms with Crippen molar-refractivity contribution in [3.63, 3.8) is 0 Å². The first-order valence-corrected chi connectivity index (χ1v) is 6.06. The van der Waals surface area contributed by atoms with Gasteiger partial charge in [0, 0.05) is 11.8 Å². The Kier molecular flexibility index (Phi) is 5.67. The van der Waals surface area contributed by atoms with E-state index in [1.54, 1.807) is 6.07 Å². The fourth-order valence-corrected chi connectivity index (χ4v) is 1.50. The Bertz CT molecular complexity index is 441. The molecule has 2 N–H and O–H groups in total. The number of ether oxygens (including phenoxy) is 1. The molecule has 0 aliphatic carbocycles. The topological polar surface area (TPSA) is 61.0 Å². The molecule has 0 bridgehead atoms. The van der Waals surface area contributed by atoms with Crippen LogP contribution >= 0.6 is 0 Å². The Labute approximate surface area is 114 Å². The van der Waals surface area contributed by atoms with Gasteiger partial charge in [-0.1, -0.05) is 13.8 Å². The maximum atomic E-state index is 12.6. The van der Waals surface area contributed by atoms with Crippen LogP contribution in [-0.4, -0.2) is 28.9 Å². The summed E-state index contributed by atoms with van der Waals surface area (Å²) in [6.07, 6.45) is -3.12. The number of rotatable bonds is 7. The third-order valence-electron chi connectivity index (χ3n) is 2.31. The molecule has 4 nitrogen and oxygen atoms in total. The van der Waals surface area contributed by atoms with E-state index in [0.717, 1.165) is 0 Å². The molecule has 1 aromatic rings. The molecule has 1 aromatic heterocycles. The molecule has 1 heterocycles. The zero-order chi connectivity index (χ0) is 15.3. The summed E-state index contributed by atoms with van der Waals surface area (Å²) in [5.41, 5.74) is 6.23. The molecule has 0 saturated heterocycles. The molecular formula is C12H17F4N3O. The normalized spacial score (nSPS) is 12.4. The second-order valence-electron chi connectivity index (χ2n) is 4.85. The van der Waals surface area contributed by atoms with Crippen molar-refractivity contribution in [2.24, 2.45) is 5.92 Å². The Morgan fingerprint density at radius 2 is 1.95 bits per heavy atom. The molecule has 8 heteroatoms. The lowest BCUT2D eigenvalue weighted by molar-refractivity contribution is -0.168. The van der Waals surface area contributed by atoms with Crippen LogP contribution in [0.1, 0.15) is 25.4 Å². The first-order valence-electron chi connectivity index (χ1n) is 6.06. The molecule has 0 atom stereocenters. The minimum absolute atomic E-state index is 0.103. The van der Waals surface area contributed by atoms with Crippen LogP contribution in [0.15, 0.2) is 6.07 Å². The molecule has 0 spiro atoms. The standard InChI is InChI=1S/C12H17F4N3O/c1-7(2)3-8-4-9(17)19-10(18-8)5-20-6-12(15,16)11(13)14/h4,7,11H,3,5-6H2,1-2H3,(H2,17,18,19). The van der Waals surface area contributed by atoms with Crippen LogP contribution in [0.4, 0.5) is 23.4 Å². The number of alkyl halides is 4. The van der Waals surface area contributed by atoms with Gasteiger partial charge in [0.05, 0.1) is 0 Å². The summed E-state index contributed by atoms with van der Waals surface area (Å²) >= 11 is 0. The van der Waals surface area contributed by atoms with Crippen molar-refractivity contribution >= 4 is 5.82 Å². The lowest BCUT2D eigenvalue weighted by Crippen LogP contribution is -2.32. The highest BCUT2D eigenvalue weighted by molar-refractivity contribution is 5.29. The molecule has 0 saturated carbocycles. The smallest absolute Gasteiger partial charge is 0.330 e. The molecule has 0 aliphatic rings. The van der Waals surface area contributed by atoms with E-state index in [1.165, 1.54) is 0 Å². The Morgan fingerprint density at radius 1 is 1.30 bits per heavy atom. The molecule has 0 radical (unpaired) electrons. The summed E-state index contributed by atoms with van der Waals surface area (Å²) in [5, 5.41) is 0. The summed E-state index contributed by atoms with van der Waals surface area (Å²) in [6.45, 7) is 2.19. The van der Waals surface area contributed by atoms with Gasteiger partial charge in [-0.2, -0.15) is 8.78 Å². The van der Waals surface area contributed by atoms with Crippen LogP contribution in [0.5, 0.6) is 0 Å². The predicted molar refractivity (Wildman–Crippen MR) is 65.6 cm³/mol. The number of nitrogens with zero attached hydrogens (tertiary/aromatic N) is 2. The zero-order valence-electron chi connectivity index (χ0n) is 11.2. The van der Waals surface area contributed by atoms with E-state index in [0.29, 0.717) is 18.0 Å². The van der Waals surface area contributed by atoms with E-state index < -0.39 is 25.6 Å². The second kappa shape index (κ2) is 6.83. The summed E-state index contributed by atoms with van der Waals surface area (Å²) < 4.78 is 53.7. The van der Waals surface area contributed by atoms with Crippen LogP contribution in [-0.2, 0) is 17.8 Å². The van der Waals surface area contributed by atoms with E-state index in [2.05, 4.69) is 14.7 Å². The van der Waals surface area contributed by atoms with Crippen molar-refractivity contribution in [1.29, 1.82) is 0 Å². The van der Waals surface area contributed by atoms with Gasteiger partial charge in [-0.3, -0.25) is 0 Å². The Morgan fingerprint density at radius 3 is 2.50 bits per heavy atom. The largest absolute Gasteiger partial charge is 0.384 e. The monoisotopic (exact) mass is 295 g/mol. The summed E-state index contributed by atoms with van der Waals surface area (Å²) in [7, 11) is 0. The van der Waals surface area contributed by atoms with Crippen LogP contribution in [0.3, 0.4) is 0 Å². The van der Waals surface area contributed by atoms with E-state index in [9.17, 15) is 17.6 Å². The van der Waals surface area contributed by atoms with Crippen LogP contribution in [0, 0.1) is 5.92 Å². The van der Waals surface area contributed by atoms with Gasteiger partial charge in [-0.05, 0) is 12.3 Å². The number of hydrogen-bond acceptors (Lipinski definition) is 4. The predicted octanol–water partition coefficient (Wildman–Crippen LogP) is 2.67. The minimum atomic E-state index is -4.18. The highest BCUT2D eigenvalue weighted by atomic mass is 19.3. The van der Waals surface area contributed by atoms with Crippen LogP contribution < -0.4 is 5.73 Å². The summed E-state index contributed by atoms with van der Waals surface area (Å²) in [6, 6.07) is 1.58. The van der Waals surface area contributed by atoms with Gasteiger partial charge >= 0.3 is 12.3 Å². The molecule has 0 unspecified atom stereocenters. The van der Waals surface area contributed by atoms with Gasteiger partial charge in [0.15, 0.2) is 5.82 Å². The van der Waals surface area contributed by atoms with Crippen molar-refractivity contribution in [2.75, 3.05) is 12.3 Å². The number of halogens is 4. The number of nitrogens with two attached hydrogens (primary N) is 1. The number of hydrogen-bond donors (Lipinski definition) is 1. The molecule has 1 rings (SSSR count). The summed E-state index contributed by atoms with van der Waals surface area (Å²) in [4.78, 5) is 7.90. The van der Waals surface area contributed by atoms with Crippen molar-refractivity contribution in [3.05, 3.63) is 17.6 Å². The maximum Gasteiger partial charge on any atom is 0.330 e. The van der Waals surface area contributed by atoms with E-state index in [1.807, 2.05) is 13.8 Å². The van der Waals surface area contributed by atoms with Crippen LogP contribution in [0.25, 0.3) is 0 Å². The van der Waals surface area contributed by atoms with Crippen molar-refractivity contribution in [3.8, 4) is 0 Å². The molecule has 0 fully saturated rings.